The number of aliphatic carboxylic acids is 1. The Morgan fingerprint density at radius 1 is 1.07 bits per heavy atom. The van der Waals surface area contributed by atoms with Crippen molar-refractivity contribution in [1.29, 1.82) is 0 Å². The molecule has 0 saturated carbocycles. The molecule has 0 aromatic heterocycles. The molecule has 2 N–H and O–H groups in total. The number of benzene rings is 2. The van der Waals surface area contributed by atoms with Crippen LogP contribution in [0.15, 0.2) is 48.5 Å². The minimum atomic E-state index is -1.23. The number of fused-ring (bicyclic) bond motifs is 5. The van der Waals surface area contributed by atoms with Crippen molar-refractivity contribution in [3.8, 4) is 11.1 Å². The summed E-state index contributed by atoms with van der Waals surface area (Å²) in [6.07, 6.45) is 0.558. The van der Waals surface area contributed by atoms with Gasteiger partial charge in [-0.1, -0.05) is 48.5 Å². The van der Waals surface area contributed by atoms with Crippen LogP contribution in [-0.2, 0) is 9.53 Å². The molecule has 0 radical (unpaired) electrons. The largest absolute Gasteiger partial charge is 0.479 e. The highest BCUT2D eigenvalue weighted by Gasteiger charge is 2.53. The third-order valence-corrected chi connectivity index (χ3v) is 6.84. The van der Waals surface area contributed by atoms with Crippen LogP contribution in [0.4, 0.5) is 4.79 Å². The summed E-state index contributed by atoms with van der Waals surface area (Å²) in [5.74, 6) is -1.07. The first-order chi connectivity index (χ1) is 14.1. The minimum absolute atomic E-state index is 0.0396. The maximum absolute atomic E-state index is 12.7. The van der Waals surface area contributed by atoms with Crippen molar-refractivity contribution in [2.45, 2.75) is 24.3 Å². The molecule has 2 heterocycles. The van der Waals surface area contributed by atoms with Gasteiger partial charge in [0.15, 0.2) is 0 Å². The van der Waals surface area contributed by atoms with Gasteiger partial charge in [0.05, 0.1) is 0 Å². The highest BCUT2D eigenvalue weighted by Crippen LogP contribution is 2.44. The van der Waals surface area contributed by atoms with E-state index >= 15 is 0 Å². The molecule has 2 aliphatic heterocycles. The molecule has 2 saturated heterocycles. The number of ether oxygens (including phenoxy) is 1. The average Bonchev–Trinajstić information content (AvgIpc) is 3.28. The van der Waals surface area contributed by atoms with E-state index in [0.717, 1.165) is 41.8 Å². The lowest BCUT2D eigenvalue weighted by Crippen LogP contribution is -2.63. The topological polar surface area (TPSA) is 78.9 Å². The number of amides is 1. The lowest BCUT2D eigenvalue weighted by atomic mass is 9.79. The van der Waals surface area contributed by atoms with Crippen molar-refractivity contribution in [2.24, 2.45) is 5.92 Å². The maximum Gasteiger partial charge on any atom is 0.408 e. The fourth-order valence-electron chi connectivity index (χ4n) is 5.29. The Hall–Kier alpha value is -2.86. The third kappa shape index (κ3) is 2.90. The highest BCUT2D eigenvalue weighted by atomic mass is 16.5. The zero-order chi connectivity index (χ0) is 20.0. The number of hydrogen-bond donors (Lipinski definition) is 2. The van der Waals surface area contributed by atoms with Gasteiger partial charge in [0, 0.05) is 24.9 Å². The summed E-state index contributed by atoms with van der Waals surface area (Å²) in [4.78, 5) is 27.0. The van der Waals surface area contributed by atoms with Gasteiger partial charge in [-0.15, -0.1) is 0 Å². The number of carboxylic acid groups (broad SMARTS) is 1. The Balaban J connectivity index is 1.33. The van der Waals surface area contributed by atoms with E-state index in [9.17, 15) is 14.7 Å². The smallest absolute Gasteiger partial charge is 0.408 e. The van der Waals surface area contributed by atoms with Gasteiger partial charge in [-0.25, -0.2) is 9.59 Å². The SMILES string of the molecule is O=C(NC1(C(=O)O)CCN2CCC1C2)OCC1c2ccccc2-c2ccccc21. The van der Waals surface area contributed by atoms with Crippen molar-refractivity contribution in [1.82, 2.24) is 10.2 Å². The minimum Gasteiger partial charge on any atom is -0.479 e. The van der Waals surface area contributed by atoms with Gasteiger partial charge >= 0.3 is 12.1 Å². The maximum atomic E-state index is 12.7. The molecule has 1 amide bonds. The summed E-state index contributed by atoms with van der Waals surface area (Å²) in [7, 11) is 0. The van der Waals surface area contributed by atoms with Crippen LogP contribution in [0.25, 0.3) is 11.1 Å². The quantitative estimate of drug-likeness (QED) is 0.836. The van der Waals surface area contributed by atoms with Gasteiger partial charge in [0.2, 0.25) is 0 Å². The molecule has 1 aliphatic carbocycles. The Kier molecular flexibility index (Phi) is 4.32. The Morgan fingerprint density at radius 2 is 1.72 bits per heavy atom. The van der Waals surface area contributed by atoms with Crippen LogP contribution in [0, 0.1) is 5.92 Å². The van der Waals surface area contributed by atoms with Crippen molar-refractivity contribution in [2.75, 3.05) is 26.2 Å². The van der Waals surface area contributed by atoms with Crippen LogP contribution in [-0.4, -0.2) is 53.8 Å². The van der Waals surface area contributed by atoms with Crippen LogP contribution in [0.3, 0.4) is 0 Å². The number of hydrogen-bond acceptors (Lipinski definition) is 4. The van der Waals surface area contributed by atoms with Crippen molar-refractivity contribution in [3.05, 3.63) is 59.7 Å². The van der Waals surface area contributed by atoms with Crippen molar-refractivity contribution in [3.63, 3.8) is 0 Å². The molecule has 150 valence electrons. The number of nitrogens with zero attached hydrogens (tertiary/aromatic N) is 1. The molecule has 2 aromatic carbocycles. The Bertz CT molecular complexity index is 929. The van der Waals surface area contributed by atoms with Crippen LogP contribution >= 0.6 is 0 Å². The van der Waals surface area contributed by atoms with E-state index in [0.29, 0.717) is 13.0 Å². The molecule has 6 heteroatoms. The molecule has 3 unspecified atom stereocenters. The molecule has 2 bridgehead atoms. The highest BCUT2D eigenvalue weighted by molar-refractivity contribution is 5.85. The molecular formula is C23H24N2O4. The number of carbonyl (C=O) groups excluding carboxylic acids is 1. The molecule has 29 heavy (non-hydrogen) atoms. The van der Waals surface area contributed by atoms with Crippen molar-refractivity contribution < 1.29 is 19.4 Å². The van der Waals surface area contributed by atoms with Crippen molar-refractivity contribution >= 4 is 12.1 Å². The normalized spacial score (nSPS) is 27.2. The summed E-state index contributed by atoms with van der Waals surface area (Å²) in [6, 6.07) is 16.3. The van der Waals surface area contributed by atoms with Gasteiger partial charge in [-0.2, -0.15) is 0 Å². The molecule has 0 spiro atoms. The predicted molar refractivity (Wildman–Crippen MR) is 108 cm³/mol. The Morgan fingerprint density at radius 3 is 2.38 bits per heavy atom. The first-order valence-electron chi connectivity index (χ1n) is 10.2. The van der Waals surface area contributed by atoms with E-state index in [4.69, 9.17) is 4.74 Å². The van der Waals surface area contributed by atoms with Crippen LogP contribution in [0.2, 0.25) is 0 Å². The molecular weight excluding hydrogens is 368 g/mol. The number of carboxylic acids is 1. The molecule has 2 fully saturated rings. The van der Waals surface area contributed by atoms with Gasteiger partial charge in [0.25, 0.3) is 0 Å². The molecule has 6 nitrogen and oxygen atoms in total. The summed E-state index contributed by atoms with van der Waals surface area (Å²) < 4.78 is 5.60. The summed E-state index contributed by atoms with van der Waals surface area (Å²) in [6.45, 7) is 2.49. The Labute approximate surface area is 169 Å². The number of carbonyl (C=O) groups is 2. The molecule has 2 aromatic rings. The van der Waals surface area contributed by atoms with E-state index < -0.39 is 17.6 Å². The van der Waals surface area contributed by atoms with Crippen LogP contribution < -0.4 is 5.32 Å². The molecule has 3 aliphatic rings. The number of piperidine rings is 1. The average molecular weight is 392 g/mol. The standard InChI is InChI=1S/C23H24N2O4/c26-21(27)23(10-12-25-11-9-15(23)13-25)24-22(28)29-14-20-18-7-3-1-5-16(18)17-6-2-4-8-19(17)20/h1-8,15,20H,9-14H2,(H,24,28)(H,26,27). The van der Waals surface area contributed by atoms with E-state index in [-0.39, 0.29) is 18.4 Å². The fraction of sp³-hybridized carbons (Fsp3) is 0.391. The summed E-state index contributed by atoms with van der Waals surface area (Å²) in [5.41, 5.74) is 3.38. The van der Waals surface area contributed by atoms with Crippen LogP contribution in [0.5, 0.6) is 0 Å². The van der Waals surface area contributed by atoms with Gasteiger partial charge in [0.1, 0.15) is 12.1 Å². The predicted octanol–water partition coefficient (Wildman–Crippen LogP) is 3.07. The van der Waals surface area contributed by atoms with Gasteiger partial charge in [-0.05, 0) is 41.6 Å². The second-order valence-electron chi connectivity index (χ2n) is 8.26. The third-order valence-electron chi connectivity index (χ3n) is 6.84. The second kappa shape index (κ2) is 6.88. The van der Waals surface area contributed by atoms with Gasteiger partial charge < -0.3 is 20.1 Å². The first kappa shape index (κ1) is 18.2. The first-order valence-corrected chi connectivity index (χ1v) is 10.2. The summed E-state index contributed by atoms with van der Waals surface area (Å²) >= 11 is 0. The van der Waals surface area contributed by atoms with E-state index in [2.05, 4.69) is 34.5 Å². The lowest BCUT2D eigenvalue weighted by Gasteiger charge is -2.39. The van der Waals surface area contributed by atoms with E-state index in [1.54, 1.807) is 0 Å². The molecule has 5 rings (SSSR count). The fourth-order valence-corrected chi connectivity index (χ4v) is 5.29. The van der Waals surface area contributed by atoms with E-state index in [1.165, 1.54) is 0 Å². The second-order valence-corrected chi connectivity index (χ2v) is 8.26. The number of nitrogens with one attached hydrogen (secondary N) is 1. The zero-order valence-electron chi connectivity index (χ0n) is 16.1. The monoisotopic (exact) mass is 392 g/mol. The number of alkyl carbamates (subject to hydrolysis) is 1. The zero-order valence-corrected chi connectivity index (χ0v) is 16.1. The van der Waals surface area contributed by atoms with Gasteiger partial charge in [-0.3, -0.25) is 0 Å². The van der Waals surface area contributed by atoms with E-state index in [1.807, 2.05) is 24.3 Å². The van der Waals surface area contributed by atoms with Crippen LogP contribution in [0.1, 0.15) is 29.9 Å². The lowest BCUT2D eigenvalue weighted by molar-refractivity contribution is -0.148. The molecule has 3 atom stereocenters. The number of rotatable bonds is 4. The summed E-state index contributed by atoms with van der Waals surface area (Å²) in [5, 5.41) is 12.7.